The van der Waals surface area contributed by atoms with Gasteiger partial charge < -0.3 is 11.2 Å². The maximum Gasteiger partial charge on any atom is 0.271 e. The van der Waals surface area contributed by atoms with Gasteiger partial charge in [0.15, 0.2) is 0 Å². The molecule has 1 amide bonds. The van der Waals surface area contributed by atoms with E-state index in [1.54, 1.807) is 4.68 Å². The third-order valence-corrected chi connectivity index (χ3v) is 5.79. The Kier molecular flexibility index (Phi) is 5.45. The van der Waals surface area contributed by atoms with Crippen molar-refractivity contribution < 1.29 is 4.79 Å². The molecule has 0 aliphatic heterocycles. The molecule has 1 unspecified atom stereocenters. The molecular formula is C21H23N7OS. The Bertz CT molecular complexity index is 1210. The van der Waals surface area contributed by atoms with Crippen molar-refractivity contribution in [3.63, 3.8) is 0 Å². The number of thioether (sulfide) groups is 1. The van der Waals surface area contributed by atoms with Gasteiger partial charge in [0.05, 0.1) is 17.5 Å². The van der Waals surface area contributed by atoms with Gasteiger partial charge in [0.1, 0.15) is 0 Å². The van der Waals surface area contributed by atoms with Crippen molar-refractivity contribution in [2.45, 2.75) is 32.0 Å². The highest BCUT2D eigenvalue weighted by Gasteiger charge is 2.17. The minimum Gasteiger partial charge on any atom is -0.349 e. The standard InChI is InChI=1S/C21H23N7OS/c1-13-11-14(2)28(26-13)20-24-25-21(27(20)22)30-12-19(29)23-15(3)17-10-6-8-16-7-4-5-9-18(16)17/h4-11,15H,12,22H2,1-3H3,(H,23,29). The Morgan fingerprint density at radius 1 is 1.17 bits per heavy atom. The summed E-state index contributed by atoms with van der Waals surface area (Å²) in [6.45, 7) is 5.80. The van der Waals surface area contributed by atoms with Crippen LogP contribution in [0.15, 0.2) is 53.7 Å². The fourth-order valence-corrected chi connectivity index (χ4v) is 4.13. The van der Waals surface area contributed by atoms with Crippen molar-refractivity contribution in [3.8, 4) is 5.95 Å². The number of carbonyl (C=O) groups excluding carboxylic acids is 1. The maximum absolute atomic E-state index is 12.5. The van der Waals surface area contributed by atoms with Crippen molar-refractivity contribution in [1.82, 2.24) is 30.0 Å². The van der Waals surface area contributed by atoms with E-state index >= 15 is 0 Å². The molecule has 0 fully saturated rings. The lowest BCUT2D eigenvalue weighted by Gasteiger charge is -2.16. The van der Waals surface area contributed by atoms with Gasteiger partial charge in [-0.1, -0.05) is 54.2 Å². The van der Waals surface area contributed by atoms with Crippen LogP contribution in [-0.4, -0.2) is 36.3 Å². The van der Waals surface area contributed by atoms with Crippen LogP contribution in [0.25, 0.3) is 16.7 Å². The van der Waals surface area contributed by atoms with Crippen molar-refractivity contribution >= 4 is 28.4 Å². The molecule has 2 aromatic heterocycles. The molecule has 0 saturated heterocycles. The van der Waals surface area contributed by atoms with Gasteiger partial charge in [0.2, 0.25) is 11.1 Å². The van der Waals surface area contributed by atoms with E-state index in [9.17, 15) is 4.79 Å². The van der Waals surface area contributed by atoms with Crippen LogP contribution in [0.5, 0.6) is 0 Å². The molecule has 8 nitrogen and oxygen atoms in total. The normalized spacial score (nSPS) is 12.2. The minimum absolute atomic E-state index is 0.101. The Balaban J connectivity index is 1.42. The first-order valence-electron chi connectivity index (χ1n) is 9.58. The number of hydrogen-bond donors (Lipinski definition) is 2. The molecule has 1 atom stereocenters. The molecule has 4 aromatic rings. The summed E-state index contributed by atoms with van der Waals surface area (Å²) in [6, 6.07) is 16.1. The number of benzene rings is 2. The Morgan fingerprint density at radius 3 is 2.70 bits per heavy atom. The topological polar surface area (TPSA) is 104 Å². The zero-order valence-electron chi connectivity index (χ0n) is 17.0. The summed E-state index contributed by atoms with van der Waals surface area (Å²) in [4.78, 5) is 12.5. The summed E-state index contributed by atoms with van der Waals surface area (Å²) in [6.07, 6.45) is 0. The van der Waals surface area contributed by atoms with Gasteiger partial charge in [-0.15, -0.1) is 10.2 Å². The number of nitrogens with two attached hydrogens (primary N) is 1. The average Bonchev–Trinajstić information content (AvgIpc) is 3.26. The van der Waals surface area contributed by atoms with E-state index in [1.165, 1.54) is 16.4 Å². The smallest absolute Gasteiger partial charge is 0.271 e. The molecule has 2 heterocycles. The van der Waals surface area contributed by atoms with Crippen LogP contribution in [0.3, 0.4) is 0 Å². The molecule has 0 saturated carbocycles. The number of rotatable bonds is 6. The van der Waals surface area contributed by atoms with Crippen LogP contribution >= 0.6 is 11.8 Å². The fraction of sp³-hybridized carbons (Fsp3) is 0.238. The lowest BCUT2D eigenvalue weighted by molar-refractivity contribution is -0.119. The summed E-state index contributed by atoms with van der Waals surface area (Å²) in [5, 5.41) is 18.4. The predicted octanol–water partition coefficient (Wildman–Crippen LogP) is 2.92. The monoisotopic (exact) mass is 421 g/mol. The molecule has 0 aliphatic rings. The zero-order valence-corrected chi connectivity index (χ0v) is 17.8. The molecule has 4 rings (SSSR count). The van der Waals surface area contributed by atoms with Gasteiger partial charge in [-0.25, -0.2) is 9.36 Å². The van der Waals surface area contributed by atoms with Crippen LogP contribution in [0, 0.1) is 13.8 Å². The number of aromatic nitrogens is 5. The molecule has 0 aliphatic carbocycles. The van der Waals surface area contributed by atoms with E-state index in [2.05, 4.69) is 38.8 Å². The third kappa shape index (κ3) is 3.88. The van der Waals surface area contributed by atoms with Crippen LogP contribution in [0.4, 0.5) is 0 Å². The second-order valence-corrected chi connectivity index (χ2v) is 8.08. The number of nitrogen functional groups attached to an aromatic ring is 1. The molecule has 30 heavy (non-hydrogen) atoms. The van der Waals surface area contributed by atoms with E-state index in [1.807, 2.05) is 51.1 Å². The first kappa shape index (κ1) is 20.0. The largest absolute Gasteiger partial charge is 0.349 e. The summed E-state index contributed by atoms with van der Waals surface area (Å²) in [7, 11) is 0. The molecule has 0 spiro atoms. The first-order chi connectivity index (χ1) is 14.4. The van der Waals surface area contributed by atoms with E-state index in [0.717, 1.165) is 27.7 Å². The Hall–Kier alpha value is -3.33. The number of nitrogens with zero attached hydrogens (tertiary/aromatic N) is 5. The third-order valence-electron chi connectivity index (χ3n) is 4.85. The van der Waals surface area contributed by atoms with E-state index in [0.29, 0.717) is 11.1 Å². The number of hydrogen-bond acceptors (Lipinski definition) is 6. The second kappa shape index (κ2) is 8.19. The number of amides is 1. The first-order valence-corrected chi connectivity index (χ1v) is 10.6. The van der Waals surface area contributed by atoms with E-state index < -0.39 is 0 Å². The van der Waals surface area contributed by atoms with Crippen molar-refractivity contribution in [1.29, 1.82) is 0 Å². The number of aryl methyl sites for hydroxylation is 2. The summed E-state index contributed by atoms with van der Waals surface area (Å²) in [5.74, 6) is 6.62. The quantitative estimate of drug-likeness (QED) is 0.366. The molecule has 0 bridgehead atoms. The highest BCUT2D eigenvalue weighted by Crippen LogP contribution is 2.24. The number of carbonyl (C=O) groups is 1. The fourth-order valence-electron chi connectivity index (χ4n) is 3.46. The lowest BCUT2D eigenvalue weighted by Crippen LogP contribution is -2.28. The van der Waals surface area contributed by atoms with Gasteiger partial charge in [-0.3, -0.25) is 4.79 Å². The van der Waals surface area contributed by atoms with Crippen LogP contribution < -0.4 is 11.2 Å². The Labute approximate surface area is 178 Å². The SMILES string of the molecule is Cc1cc(C)n(-c2nnc(SCC(=O)NC(C)c3cccc4ccccc34)n2N)n1. The average molecular weight is 422 g/mol. The highest BCUT2D eigenvalue weighted by atomic mass is 32.2. The van der Waals surface area contributed by atoms with Crippen molar-refractivity contribution in [2.75, 3.05) is 11.6 Å². The van der Waals surface area contributed by atoms with Gasteiger partial charge in [0.25, 0.3) is 5.95 Å². The van der Waals surface area contributed by atoms with Crippen LogP contribution in [0.1, 0.15) is 29.9 Å². The van der Waals surface area contributed by atoms with Gasteiger partial charge in [-0.05, 0) is 43.2 Å². The van der Waals surface area contributed by atoms with Crippen molar-refractivity contribution in [3.05, 3.63) is 65.5 Å². The second-order valence-electron chi connectivity index (χ2n) is 7.14. The van der Waals surface area contributed by atoms with E-state index in [-0.39, 0.29) is 17.7 Å². The molecule has 2 aromatic carbocycles. The molecule has 154 valence electrons. The highest BCUT2D eigenvalue weighted by molar-refractivity contribution is 7.99. The predicted molar refractivity (Wildman–Crippen MR) is 118 cm³/mol. The van der Waals surface area contributed by atoms with E-state index in [4.69, 9.17) is 5.84 Å². The van der Waals surface area contributed by atoms with Crippen LogP contribution in [-0.2, 0) is 4.79 Å². The summed E-state index contributed by atoms with van der Waals surface area (Å²) in [5.41, 5.74) is 2.86. The number of fused-ring (bicyclic) bond motifs is 1. The van der Waals surface area contributed by atoms with Gasteiger partial charge in [0, 0.05) is 5.69 Å². The van der Waals surface area contributed by atoms with Gasteiger partial charge in [-0.2, -0.15) is 5.10 Å². The Morgan fingerprint density at radius 2 is 1.93 bits per heavy atom. The van der Waals surface area contributed by atoms with Crippen molar-refractivity contribution in [2.24, 2.45) is 0 Å². The zero-order chi connectivity index (χ0) is 21.3. The summed E-state index contributed by atoms with van der Waals surface area (Å²) < 4.78 is 2.99. The van der Waals surface area contributed by atoms with Crippen LogP contribution in [0.2, 0.25) is 0 Å². The summed E-state index contributed by atoms with van der Waals surface area (Å²) >= 11 is 1.24. The number of nitrogens with one attached hydrogen (secondary N) is 1. The molecular weight excluding hydrogens is 398 g/mol. The molecule has 0 radical (unpaired) electrons. The lowest BCUT2D eigenvalue weighted by atomic mass is 10.00. The maximum atomic E-state index is 12.5. The van der Waals surface area contributed by atoms with Gasteiger partial charge >= 0.3 is 0 Å². The molecule has 9 heteroatoms. The molecule has 3 N–H and O–H groups in total. The minimum atomic E-state index is -0.120.